The van der Waals surface area contributed by atoms with E-state index in [-0.39, 0.29) is 0 Å². The van der Waals surface area contributed by atoms with E-state index >= 15 is 0 Å². The first-order valence-electron chi connectivity index (χ1n) is 2.20. The molecule has 0 amide bonds. The van der Waals surface area contributed by atoms with Crippen molar-refractivity contribution in [2.75, 3.05) is 7.05 Å². The maximum Gasteiger partial charge on any atom is 0.125 e. The molecular weight excluding hydrogens is 112 g/mol. The van der Waals surface area contributed by atoms with Crippen LogP contribution in [0.4, 0.5) is 0 Å². The Hall–Kier alpha value is -0.240. The maximum atomic E-state index is 5.45. The minimum atomic E-state index is 0.613. The highest BCUT2D eigenvalue weighted by Crippen LogP contribution is 1.87. The van der Waals surface area contributed by atoms with Crippen LogP contribution in [0.15, 0.2) is 5.10 Å². The highest BCUT2D eigenvalue weighted by atomic mass is 35.5. The molecule has 3 heteroatoms. The van der Waals surface area contributed by atoms with E-state index in [1.165, 1.54) is 0 Å². The Morgan fingerprint density at radius 3 is 2.57 bits per heavy atom. The molecule has 0 saturated heterocycles. The fraction of sp³-hybridized carbons (Fsp3) is 0.750. The number of hydrogen-bond acceptors (Lipinski definition) is 2. The molecule has 42 valence electrons. The van der Waals surface area contributed by atoms with Crippen molar-refractivity contribution in [2.24, 2.45) is 5.10 Å². The molecule has 0 spiro atoms. The molecule has 0 fully saturated rings. The zero-order valence-corrected chi connectivity index (χ0v) is 5.29. The lowest BCUT2D eigenvalue weighted by Gasteiger charge is -1.87. The number of nitrogens with zero attached hydrogens (tertiary/aromatic N) is 1. The standard InChI is InChI=1S/C4H9ClN2/c1-3-4(5)7-6-2/h6H,3H2,1-2H3/b7-4+. The van der Waals surface area contributed by atoms with E-state index in [9.17, 15) is 0 Å². The summed E-state index contributed by atoms with van der Waals surface area (Å²) in [7, 11) is 1.72. The normalized spacial score (nSPS) is 11.6. The molecule has 0 atom stereocenters. The van der Waals surface area contributed by atoms with Crippen molar-refractivity contribution in [1.29, 1.82) is 0 Å². The second kappa shape index (κ2) is 3.93. The first-order chi connectivity index (χ1) is 3.31. The molecule has 1 N–H and O–H groups in total. The number of rotatable bonds is 2. The van der Waals surface area contributed by atoms with E-state index in [1.807, 2.05) is 6.92 Å². The molecule has 2 nitrogen and oxygen atoms in total. The van der Waals surface area contributed by atoms with Crippen molar-refractivity contribution in [3.63, 3.8) is 0 Å². The van der Waals surface area contributed by atoms with Crippen LogP contribution in [0.2, 0.25) is 0 Å². The van der Waals surface area contributed by atoms with Gasteiger partial charge in [0.25, 0.3) is 0 Å². The monoisotopic (exact) mass is 120 g/mol. The van der Waals surface area contributed by atoms with Gasteiger partial charge in [0.05, 0.1) is 0 Å². The lowest BCUT2D eigenvalue weighted by Crippen LogP contribution is -1.97. The van der Waals surface area contributed by atoms with Gasteiger partial charge in [0, 0.05) is 7.05 Å². The first kappa shape index (κ1) is 6.76. The van der Waals surface area contributed by atoms with Crippen LogP contribution in [0.3, 0.4) is 0 Å². The maximum absolute atomic E-state index is 5.45. The summed E-state index contributed by atoms with van der Waals surface area (Å²) in [5.41, 5.74) is 2.57. The fourth-order valence-corrected chi connectivity index (χ4v) is 0.285. The number of halogens is 1. The van der Waals surface area contributed by atoms with Gasteiger partial charge in [-0.3, -0.25) is 0 Å². The van der Waals surface area contributed by atoms with Crippen LogP contribution in [0.1, 0.15) is 13.3 Å². The molecule has 0 aliphatic rings. The van der Waals surface area contributed by atoms with Gasteiger partial charge in [-0.25, -0.2) is 0 Å². The summed E-state index contributed by atoms with van der Waals surface area (Å²) < 4.78 is 0. The van der Waals surface area contributed by atoms with E-state index in [2.05, 4.69) is 10.5 Å². The third-order valence-electron chi connectivity index (χ3n) is 0.525. The van der Waals surface area contributed by atoms with Crippen LogP contribution in [0.25, 0.3) is 0 Å². The summed E-state index contributed by atoms with van der Waals surface area (Å²) in [6, 6.07) is 0. The summed E-state index contributed by atoms with van der Waals surface area (Å²) in [4.78, 5) is 0. The van der Waals surface area contributed by atoms with E-state index < -0.39 is 0 Å². The van der Waals surface area contributed by atoms with E-state index in [0.29, 0.717) is 5.17 Å². The van der Waals surface area contributed by atoms with Crippen molar-refractivity contribution in [1.82, 2.24) is 5.43 Å². The average molecular weight is 121 g/mol. The highest BCUT2D eigenvalue weighted by Gasteiger charge is 1.81. The molecule has 0 heterocycles. The molecule has 0 bridgehead atoms. The van der Waals surface area contributed by atoms with Crippen LogP contribution in [-0.2, 0) is 0 Å². The molecule has 0 unspecified atom stereocenters. The molecule has 7 heavy (non-hydrogen) atoms. The van der Waals surface area contributed by atoms with Crippen LogP contribution >= 0.6 is 11.6 Å². The Morgan fingerprint density at radius 1 is 1.86 bits per heavy atom. The molecule has 0 aromatic carbocycles. The zero-order chi connectivity index (χ0) is 5.70. The van der Waals surface area contributed by atoms with Gasteiger partial charge in [-0.05, 0) is 6.42 Å². The van der Waals surface area contributed by atoms with Gasteiger partial charge in [-0.15, -0.1) is 0 Å². The Labute approximate surface area is 48.6 Å². The Bertz CT molecular complexity index is 70.1. The summed E-state index contributed by atoms with van der Waals surface area (Å²) in [5.74, 6) is 0. The highest BCUT2D eigenvalue weighted by molar-refractivity contribution is 6.65. The molecule has 0 radical (unpaired) electrons. The lowest BCUT2D eigenvalue weighted by atomic mass is 10.5. The van der Waals surface area contributed by atoms with Crippen molar-refractivity contribution in [3.05, 3.63) is 0 Å². The van der Waals surface area contributed by atoms with Gasteiger partial charge in [-0.1, -0.05) is 18.5 Å². The molecular formula is C4H9ClN2. The van der Waals surface area contributed by atoms with Gasteiger partial charge in [-0.2, -0.15) is 5.10 Å². The molecule has 0 aliphatic heterocycles. The van der Waals surface area contributed by atoms with Gasteiger partial charge in [0.1, 0.15) is 5.17 Å². The van der Waals surface area contributed by atoms with Crippen LogP contribution < -0.4 is 5.43 Å². The summed E-state index contributed by atoms with van der Waals surface area (Å²) in [6.07, 6.45) is 0.794. The largest absolute Gasteiger partial charge is 0.312 e. The third kappa shape index (κ3) is 3.59. The summed E-state index contributed by atoms with van der Waals surface area (Å²) >= 11 is 5.45. The van der Waals surface area contributed by atoms with Crippen LogP contribution in [0.5, 0.6) is 0 Å². The van der Waals surface area contributed by atoms with Gasteiger partial charge in [0.2, 0.25) is 0 Å². The van der Waals surface area contributed by atoms with E-state index in [1.54, 1.807) is 7.05 Å². The number of hydrazone groups is 1. The minimum Gasteiger partial charge on any atom is -0.312 e. The second-order valence-electron chi connectivity index (χ2n) is 1.07. The van der Waals surface area contributed by atoms with Crippen molar-refractivity contribution >= 4 is 16.8 Å². The van der Waals surface area contributed by atoms with Crippen molar-refractivity contribution < 1.29 is 0 Å². The topological polar surface area (TPSA) is 24.4 Å². The zero-order valence-electron chi connectivity index (χ0n) is 4.53. The van der Waals surface area contributed by atoms with Crippen LogP contribution in [-0.4, -0.2) is 12.2 Å². The van der Waals surface area contributed by atoms with Gasteiger partial charge >= 0.3 is 0 Å². The lowest BCUT2D eigenvalue weighted by molar-refractivity contribution is 0.898. The number of hydrogen-bond donors (Lipinski definition) is 1. The van der Waals surface area contributed by atoms with E-state index in [0.717, 1.165) is 6.42 Å². The van der Waals surface area contributed by atoms with Crippen molar-refractivity contribution in [2.45, 2.75) is 13.3 Å². The first-order valence-corrected chi connectivity index (χ1v) is 2.57. The van der Waals surface area contributed by atoms with Gasteiger partial charge in [0.15, 0.2) is 0 Å². The number of nitrogens with one attached hydrogen (secondary N) is 1. The van der Waals surface area contributed by atoms with E-state index in [4.69, 9.17) is 11.6 Å². The Balaban J connectivity index is 3.29. The van der Waals surface area contributed by atoms with Crippen molar-refractivity contribution in [3.8, 4) is 0 Å². The Kier molecular flexibility index (Phi) is 3.80. The second-order valence-corrected chi connectivity index (χ2v) is 1.50. The predicted octanol–water partition coefficient (Wildman–Crippen LogP) is 1.17. The predicted molar refractivity (Wildman–Crippen MR) is 32.6 cm³/mol. The fourth-order valence-electron chi connectivity index (χ4n) is 0.200. The SMILES string of the molecule is CC/C(Cl)=N\NC. The molecule has 0 aromatic heterocycles. The molecule has 0 aliphatic carbocycles. The molecule has 0 rings (SSSR count). The minimum absolute atomic E-state index is 0.613. The van der Waals surface area contributed by atoms with Gasteiger partial charge < -0.3 is 5.43 Å². The molecule has 0 aromatic rings. The third-order valence-corrected chi connectivity index (χ3v) is 0.877. The average Bonchev–Trinajstić information content (AvgIpc) is 1.68. The quantitative estimate of drug-likeness (QED) is 0.429. The summed E-state index contributed by atoms with van der Waals surface area (Å²) in [5, 5.41) is 4.29. The Morgan fingerprint density at radius 2 is 2.43 bits per heavy atom. The smallest absolute Gasteiger partial charge is 0.125 e. The molecule has 0 saturated carbocycles. The van der Waals surface area contributed by atoms with Crippen LogP contribution in [0, 0.1) is 0 Å². The summed E-state index contributed by atoms with van der Waals surface area (Å²) in [6.45, 7) is 1.95.